The van der Waals surface area contributed by atoms with Crippen LogP contribution in [0.4, 0.5) is 5.82 Å². The Morgan fingerprint density at radius 3 is 2.38 bits per heavy atom. The molecule has 4 N–H and O–H groups in total. The number of hydrogen-bond acceptors (Lipinski definition) is 5. The number of anilines is 1. The van der Waals surface area contributed by atoms with Crippen molar-refractivity contribution in [2.45, 2.75) is 0 Å². The lowest BCUT2D eigenvalue weighted by molar-refractivity contribution is 0.0690. The van der Waals surface area contributed by atoms with Gasteiger partial charge in [0.2, 0.25) is 0 Å². The minimum absolute atomic E-state index is 0.0278. The average Bonchev–Trinajstić information content (AvgIpc) is 2.05. The molecular formula is C6H7N3O4. The highest BCUT2D eigenvalue weighted by Crippen LogP contribution is 1.98. The molecule has 1 aromatic rings. The van der Waals surface area contributed by atoms with Crippen molar-refractivity contribution in [1.82, 2.24) is 4.98 Å². The molecule has 7 nitrogen and oxygen atoms in total. The molecule has 0 aliphatic carbocycles. The highest BCUT2D eigenvalue weighted by molar-refractivity contribution is 5.85. The zero-order valence-electron chi connectivity index (χ0n) is 6.41. The number of aromatic nitrogens is 1. The molecule has 0 spiro atoms. The first kappa shape index (κ1) is 10.8. The van der Waals surface area contributed by atoms with Gasteiger partial charge >= 0.3 is 5.97 Å². The fraction of sp³-hybridized carbons (Fsp3) is 0. The maximum Gasteiger partial charge on any atom is 0.354 e. The van der Waals surface area contributed by atoms with Gasteiger partial charge in [-0.2, -0.15) is 0 Å². The van der Waals surface area contributed by atoms with Crippen LogP contribution in [0.1, 0.15) is 10.5 Å². The van der Waals surface area contributed by atoms with Crippen LogP contribution < -0.4 is 5.73 Å². The molecule has 0 bridgehead atoms. The van der Waals surface area contributed by atoms with E-state index in [1.54, 1.807) is 6.07 Å². The van der Waals surface area contributed by atoms with Gasteiger partial charge in [-0.05, 0) is 12.1 Å². The molecule has 0 amide bonds. The molecular weight excluding hydrogens is 178 g/mol. The number of aromatic carboxylic acids is 1. The molecule has 0 radical (unpaired) electrons. The van der Waals surface area contributed by atoms with E-state index in [2.05, 4.69) is 4.98 Å². The van der Waals surface area contributed by atoms with Gasteiger partial charge in [-0.25, -0.2) is 9.78 Å². The van der Waals surface area contributed by atoms with Crippen molar-refractivity contribution in [3.63, 3.8) is 0 Å². The van der Waals surface area contributed by atoms with Gasteiger partial charge < -0.3 is 16.0 Å². The maximum absolute atomic E-state index is 10.2. The molecule has 0 atom stereocenters. The highest BCUT2D eigenvalue weighted by Gasteiger charge is 2.01. The SMILES string of the molecule is Nc1cccc(C(=O)O)n1.O=NO. The molecule has 0 saturated carbocycles. The summed E-state index contributed by atoms with van der Waals surface area (Å²) >= 11 is 0. The fourth-order valence-corrected chi connectivity index (χ4v) is 0.571. The minimum Gasteiger partial charge on any atom is -0.477 e. The molecule has 1 rings (SSSR count). The molecule has 0 fully saturated rings. The number of nitrogens with two attached hydrogens (primary N) is 1. The summed E-state index contributed by atoms with van der Waals surface area (Å²) in [5.74, 6) is -0.841. The summed E-state index contributed by atoms with van der Waals surface area (Å²) in [5.41, 5.74) is 5.19. The Kier molecular flexibility index (Phi) is 4.55. The first-order valence-corrected chi connectivity index (χ1v) is 3.04. The van der Waals surface area contributed by atoms with Gasteiger partial charge in [0.1, 0.15) is 5.82 Å². The summed E-state index contributed by atoms with van der Waals surface area (Å²) in [6.07, 6.45) is 0. The van der Waals surface area contributed by atoms with E-state index in [9.17, 15) is 4.79 Å². The number of hydrogen-bond donors (Lipinski definition) is 3. The van der Waals surface area contributed by atoms with E-state index in [4.69, 9.17) is 21.0 Å². The van der Waals surface area contributed by atoms with Crippen molar-refractivity contribution in [2.75, 3.05) is 5.73 Å². The van der Waals surface area contributed by atoms with E-state index >= 15 is 0 Å². The molecule has 0 aliphatic heterocycles. The third-order valence-electron chi connectivity index (χ3n) is 0.990. The highest BCUT2D eigenvalue weighted by atomic mass is 16.6. The van der Waals surface area contributed by atoms with E-state index in [0.29, 0.717) is 0 Å². The Bertz CT molecular complexity index is 302. The smallest absolute Gasteiger partial charge is 0.354 e. The standard InChI is InChI=1S/C6H6N2O2.HNO2/c7-5-3-1-2-4(8-5)6(9)10;2-1-3/h1-3H,(H2,7,8)(H,9,10);(H,2,3). The van der Waals surface area contributed by atoms with Gasteiger partial charge in [-0.15, -0.1) is 4.91 Å². The van der Waals surface area contributed by atoms with Gasteiger partial charge in [0.25, 0.3) is 0 Å². The van der Waals surface area contributed by atoms with Gasteiger partial charge in [-0.3, -0.25) is 0 Å². The number of rotatable bonds is 1. The number of nitrogens with zero attached hydrogens (tertiary/aromatic N) is 2. The lowest BCUT2D eigenvalue weighted by atomic mass is 10.3. The Hall–Kier alpha value is -2.18. The van der Waals surface area contributed by atoms with Crippen LogP contribution in [0.2, 0.25) is 0 Å². The second-order valence-electron chi connectivity index (χ2n) is 1.83. The zero-order chi connectivity index (χ0) is 10.3. The van der Waals surface area contributed by atoms with Crippen molar-refractivity contribution < 1.29 is 15.1 Å². The molecule has 0 aliphatic rings. The second-order valence-corrected chi connectivity index (χ2v) is 1.83. The van der Waals surface area contributed by atoms with Gasteiger partial charge in [0.15, 0.2) is 11.0 Å². The van der Waals surface area contributed by atoms with Crippen molar-refractivity contribution >= 4 is 11.8 Å². The normalized spacial score (nSPS) is 8.00. The summed E-state index contributed by atoms with van der Waals surface area (Å²) in [6, 6.07) is 4.47. The van der Waals surface area contributed by atoms with Crippen LogP contribution in [-0.2, 0) is 0 Å². The average molecular weight is 185 g/mol. The number of carboxylic acids is 1. The largest absolute Gasteiger partial charge is 0.477 e. The molecule has 1 heterocycles. The van der Waals surface area contributed by atoms with Gasteiger partial charge in [0.05, 0.1) is 0 Å². The zero-order valence-corrected chi connectivity index (χ0v) is 6.41. The number of carboxylic acid groups (broad SMARTS) is 1. The van der Waals surface area contributed by atoms with Crippen LogP contribution >= 0.6 is 0 Å². The first-order valence-electron chi connectivity index (χ1n) is 3.04. The summed E-state index contributed by atoms with van der Waals surface area (Å²) < 4.78 is 0. The first-order chi connectivity index (χ1) is 6.11. The predicted octanol–water partition coefficient (Wildman–Crippen LogP) is 0.504. The minimum atomic E-state index is -1.06. The van der Waals surface area contributed by atoms with Crippen LogP contribution in [-0.4, -0.2) is 21.3 Å². The number of pyridine rings is 1. The van der Waals surface area contributed by atoms with E-state index < -0.39 is 5.97 Å². The third kappa shape index (κ3) is 4.30. The third-order valence-corrected chi connectivity index (χ3v) is 0.990. The lowest BCUT2D eigenvalue weighted by Crippen LogP contribution is -2.01. The fourth-order valence-electron chi connectivity index (χ4n) is 0.571. The van der Waals surface area contributed by atoms with Crippen LogP contribution in [0.25, 0.3) is 0 Å². The summed E-state index contributed by atoms with van der Waals surface area (Å²) in [6.45, 7) is 0. The summed E-state index contributed by atoms with van der Waals surface area (Å²) in [7, 11) is 0. The van der Waals surface area contributed by atoms with E-state index in [1.807, 2.05) is 0 Å². The number of nitrogen functional groups attached to an aromatic ring is 1. The summed E-state index contributed by atoms with van der Waals surface area (Å²) in [4.78, 5) is 21.9. The topological polar surface area (TPSA) is 126 Å². The summed E-state index contributed by atoms with van der Waals surface area (Å²) in [5, 5.41) is 16.3. The number of carbonyl (C=O) groups is 1. The molecule has 0 unspecified atom stereocenters. The Morgan fingerprint density at radius 2 is 2.08 bits per heavy atom. The molecule has 13 heavy (non-hydrogen) atoms. The van der Waals surface area contributed by atoms with Gasteiger partial charge in [-0.1, -0.05) is 6.07 Å². The van der Waals surface area contributed by atoms with Crippen LogP contribution in [0.15, 0.2) is 23.5 Å². The Balaban J connectivity index is 0.000000424. The van der Waals surface area contributed by atoms with Crippen molar-refractivity contribution in [1.29, 1.82) is 0 Å². The lowest BCUT2D eigenvalue weighted by Gasteiger charge is -1.92. The predicted molar refractivity (Wildman–Crippen MR) is 43.2 cm³/mol. The molecule has 7 heteroatoms. The van der Waals surface area contributed by atoms with E-state index in [0.717, 1.165) is 0 Å². The van der Waals surface area contributed by atoms with E-state index in [-0.39, 0.29) is 11.5 Å². The van der Waals surface area contributed by atoms with Crippen LogP contribution in [0, 0.1) is 4.91 Å². The van der Waals surface area contributed by atoms with Crippen LogP contribution in [0.5, 0.6) is 0 Å². The second kappa shape index (κ2) is 5.47. The molecule has 70 valence electrons. The molecule has 1 aromatic heterocycles. The maximum atomic E-state index is 10.2. The monoisotopic (exact) mass is 185 g/mol. The molecule has 0 aromatic carbocycles. The Morgan fingerprint density at radius 1 is 1.54 bits per heavy atom. The Labute approximate surface area is 72.8 Å². The van der Waals surface area contributed by atoms with Gasteiger partial charge in [0, 0.05) is 0 Å². The van der Waals surface area contributed by atoms with Crippen molar-refractivity contribution in [3.8, 4) is 0 Å². The van der Waals surface area contributed by atoms with E-state index in [1.165, 1.54) is 17.5 Å². The van der Waals surface area contributed by atoms with Crippen molar-refractivity contribution in [2.24, 2.45) is 5.34 Å². The van der Waals surface area contributed by atoms with Crippen molar-refractivity contribution in [3.05, 3.63) is 28.8 Å². The quantitative estimate of drug-likeness (QED) is 0.432. The van der Waals surface area contributed by atoms with Crippen LogP contribution in [0.3, 0.4) is 0 Å². The molecule has 0 saturated heterocycles.